The highest BCUT2D eigenvalue weighted by molar-refractivity contribution is 5.98. The molecule has 0 bridgehead atoms. The molecule has 3 rings (SSSR count). The van der Waals surface area contributed by atoms with Crippen LogP contribution in [0.2, 0.25) is 0 Å². The Morgan fingerprint density at radius 2 is 2.19 bits per heavy atom. The number of nitrogens with zero attached hydrogens (tertiary/aromatic N) is 4. The van der Waals surface area contributed by atoms with Crippen molar-refractivity contribution in [2.45, 2.75) is 38.6 Å². The molecule has 3 heterocycles. The molecule has 1 atom stereocenters. The van der Waals surface area contributed by atoms with Gasteiger partial charge in [-0.15, -0.1) is 0 Å². The molecule has 1 amide bonds. The summed E-state index contributed by atoms with van der Waals surface area (Å²) in [6, 6.07) is 3.87. The quantitative estimate of drug-likeness (QED) is 0.746. The van der Waals surface area contributed by atoms with Gasteiger partial charge in [-0.1, -0.05) is 13.8 Å². The summed E-state index contributed by atoms with van der Waals surface area (Å²) < 4.78 is 0. The number of piperidine rings is 1. The summed E-state index contributed by atoms with van der Waals surface area (Å²) in [5.41, 5.74) is 13.5. The molecule has 0 aromatic carbocycles. The highest BCUT2D eigenvalue weighted by atomic mass is 16.1. The van der Waals surface area contributed by atoms with Gasteiger partial charge in [0.05, 0.1) is 0 Å². The van der Waals surface area contributed by atoms with Gasteiger partial charge in [-0.05, 0) is 30.9 Å². The monoisotopic (exact) mass is 355 g/mol. The third-order valence-corrected chi connectivity index (χ3v) is 4.42. The molecule has 138 valence electrons. The first-order valence-electron chi connectivity index (χ1n) is 8.84. The second-order valence-corrected chi connectivity index (χ2v) is 6.89. The van der Waals surface area contributed by atoms with Crippen LogP contribution in [0.25, 0.3) is 0 Å². The van der Waals surface area contributed by atoms with Crippen LogP contribution in [-0.4, -0.2) is 40.0 Å². The van der Waals surface area contributed by atoms with Crippen LogP contribution in [0.15, 0.2) is 24.5 Å². The molecule has 5 N–H and O–H groups in total. The van der Waals surface area contributed by atoms with Gasteiger partial charge in [0.1, 0.15) is 11.4 Å². The first kappa shape index (κ1) is 18.1. The van der Waals surface area contributed by atoms with Gasteiger partial charge >= 0.3 is 0 Å². The molecule has 2 aromatic rings. The number of pyridine rings is 1. The third kappa shape index (κ3) is 4.08. The number of aromatic nitrogens is 3. The van der Waals surface area contributed by atoms with E-state index in [0.717, 1.165) is 30.8 Å². The zero-order valence-electron chi connectivity index (χ0n) is 15.1. The number of nitrogens with one attached hydrogen (secondary N) is 1. The maximum absolute atomic E-state index is 11.8. The minimum atomic E-state index is -0.576. The number of hydrogen-bond acceptors (Lipinski definition) is 7. The largest absolute Gasteiger partial charge is 0.365 e. The fourth-order valence-corrected chi connectivity index (χ4v) is 2.97. The van der Waals surface area contributed by atoms with E-state index in [-0.39, 0.29) is 11.6 Å². The summed E-state index contributed by atoms with van der Waals surface area (Å²) in [5.74, 6) is 0.657. The van der Waals surface area contributed by atoms with Crippen molar-refractivity contribution >= 4 is 23.4 Å². The Bertz CT molecular complexity index is 793. The van der Waals surface area contributed by atoms with Crippen LogP contribution in [-0.2, 0) is 0 Å². The van der Waals surface area contributed by atoms with Gasteiger partial charge in [0.15, 0.2) is 0 Å². The van der Waals surface area contributed by atoms with Crippen molar-refractivity contribution in [2.24, 2.45) is 11.5 Å². The van der Waals surface area contributed by atoms with Crippen LogP contribution < -0.4 is 21.7 Å². The molecule has 8 nitrogen and oxygen atoms in total. The molecule has 0 spiro atoms. The van der Waals surface area contributed by atoms with E-state index in [2.05, 4.69) is 34.1 Å². The molecular weight excluding hydrogens is 330 g/mol. The van der Waals surface area contributed by atoms with E-state index >= 15 is 0 Å². The average molecular weight is 355 g/mol. The van der Waals surface area contributed by atoms with Crippen molar-refractivity contribution < 1.29 is 4.79 Å². The number of hydrogen-bond donors (Lipinski definition) is 3. The predicted octanol–water partition coefficient (Wildman–Crippen LogP) is 1.76. The van der Waals surface area contributed by atoms with Crippen molar-refractivity contribution in [3.8, 4) is 0 Å². The Morgan fingerprint density at radius 1 is 1.38 bits per heavy atom. The van der Waals surface area contributed by atoms with Gasteiger partial charge in [0.25, 0.3) is 5.91 Å². The van der Waals surface area contributed by atoms with Crippen LogP contribution in [0.3, 0.4) is 0 Å². The summed E-state index contributed by atoms with van der Waals surface area (Å²) in [6.07, 6.45) is 5.19. The lowest BCUT2D eigenvalue weighted by molar-refractivity contribution is 0.100. The number of nitrogens with two attached hydrogens (primary N) is 2. The number of carbonyl (C=O) groups excluding carboxylic acids is 1. The first-order chi connectivity index (χ1) is 12.4. The Balaban J connectivity index is 1.92. The van der Waals surface area contributed by atoms with E-state index in [9.17, 15) is 4.79 Å². The molecule has 8 heteroatoms. The minimum Gasteiger partial charge on any atom is -0.365 e. The smallest absolute Gasteiger partial charge is 0.254 e. The van der Waals surface area contributed by atoms with Crippen molar-refractivity contribution in [3.05, 3.63) is 35.8 Å². The highest BCUT2D eigenvalue weighted by Gasteiger charge is 2.21. The zero-order valence-corrected chi connectivity index (χ0v) is 15.1. The zero-order chi connectivity index (χ0) is 18.7. The fraction of sp³-hybridized carbons (Fsp3) is 0.444. The van der Waals surface area contributed by atoms with Crippen molar-refractivity contribution in [1.82, 2.24) is 15.0 Å². The molecule has 0 radical (unpaired) electrons. The van der Waals surface area contributed by atoms with Gasteiger partial charge in [-0.2, -0.15) is 4.98 Å². The summed E-state index contributed by atoms with van der Waals surface area (Å²) >= 11 is 0. The standard InChI is InChI=1S/C18H25N7O/c1-11(2)15-8-13(5-6-21-15)23-17-14(16(20)26)9-22-18(24-17)25-7-3-4-12(19)10-25/h5-6,8-9,11-12H,3-4,7,10,19H2,1-2H3,(H2,20,26)(H,21,22,23,24)/t12-/m0/s1. The van der Waals surface area contributed by atoms with Crippen molar-refractivity contribution in [1.29, 1.82) is 0 Å². The normalized spacial score (nSPS) is 17.4. The third-order valence-electron chi connectivity index (χ3n) is 4.42. The lowest BCUT2D eigenvalue weighted by Crippen LogP contribution is -2.43. The first-order valence-corrected chi connectivity index (χ1v) is 8.84. The van der Waals surface area contributed by atoms with E-state index in [1.54, 1.807) is 6.20 Å². The Morgan fingerprint density at radius 3 is 2.88 bits per heavy atom. The molecule has 1 saturated heterocycles. The predicted molar refractivity (Wildman–Crippen MR) is 102 cm³/mol. The highest BCUT2D eigenvalue weighted by Crippen LogP contribution is 2.24. The van der Waals surface area contributed by atoms with E-state index in [1.807, 2.05) is 17.0 Å². The van der Waals surface area contributed by atoms with Crippen LogP contribution in [0.5, 0.6) is 0 Å². The Kier molecular flexibility index (Phi) is 5.32. The number of amides is 1. The maximum Gasteiger partial charge on any atom is 0.254 e. The lowest BCUT2D eigenvalue weighted by Gasteiger charge is -2.31. The second-order valence-electron chi connectivity index (χ2n) is 6.89. The second kappa shape index (κ2) is 7.65. The molecule has 1 aliphatic rings. The number of anilines is 3. The molecule has 2 aromatic heterocycles. The number of rotatable bonds is 5. The van der Waals surface area contributed by atoms with Gasteiger partial charge in [0.2, 0.25) is 5.95 Å². The van der Waals surface area contributed by atoms with Gasteiger partial charge < -0.3 is 21.7 Å². The van der Waals surface area contributed by atoms with Gasteiger partial charge in [-0.25, -0.2) is 4.98 Å². The molecule has 0 aliphatic carbocycles. The van der Waals surface area contributed by atoms with E-state index < -0.39 is 5.91 Å². The topological polar surface area (TPSA) is 123 Å². The van der Waals surface area contributed by atoms with Crippen LogP contribution in [0.1, 0.15) is 48.7 Å². The maximum atomic E-state index is 11.8. The molecule has 1 aliphatic heterocycles. The average Bonchev–Trinajstić information content (AvgIpc) is 2.61. The van der Waals surface area contributed by atoms with E-state index in [4.69, 9.17) is 11.5 Å². The van der Waals surface area contributed by atoms with Gasteiger partial charge in [-0.3, -0.25) is 9.78 Å². The van der Waals surface area contributed by atoms with Crippen molar-refractivity contribution in [3.63, 3.8) is 0 Å². The molecular formula is C18H25N7O. The van der Waals surface area contributed by atoms with Gasteiger partial charge in [0, 0.05) is 42.9 Å². The Labute approximate surface area is 153 Å². The minimum absolute atomic E-state index is 0.105. The summed E-state index contributed by atoms with van der Waals surface area (Å²) in [6.45, 7) is 5.69. The molecule has 1 fully saturated rings. The van der Waals surface area contributed by atoms with Crippen molar-refractivity contribution in [2.75, 3.05) is 23.3 Å². The summed E-state index contributed by atoms with van der Waals surface area (Å²) in [4.78, 5) is 27.0. The van der Waals surface area contributed by atoms with E-state index in [1.165, 1.54) is 6.20 Å². The lowest BCUT2D eigenvalue weighted by atomic mass is 10.1. The summed E-state index contributed by atoms with van der Waals surface area (Å²) in [7, 11) is 0. The number of primary amides is 1. The molecule has 0 unspecified atom stereocenters. The fourth-order valence-electron chi connectivity index (χ4n) is 2.97. The Hall–Kier alpha value is -2.74. The summed E-state index contributed by atoms with van der Waals surface area (Å²) in [5, 5.41) is 3.19. The van der Waals surface area contributed by atoms with E-state index in [0.29, 0.717) is 24.2 Å². The molecule has 26 heavy (non-hydrogen) atoms. The molecule has 0 saturated carbocycles. The SMILES string of the molecule is CC(C)c1cc(Nc2nc(N3CCC[C@H](N)C3)ncc2C(N)=O)ccn1. The number of carbonyl (C=O) groups is 1. The van der Waals surface area contributed by atoms with Crippen LogP contribution >= 0.6 is 0 Å². The van der Waals surface area contributed by atoms with Crippen LogP contribution in [0.4, 0.5) is 17.5 Å². The van der Waals surface area contributed by atoms with Crippen LogP contribution in [0, 0.1) is 0 Å².